The first kappa shape index (κ1) is 22.4. The Morgan fingerprint density at radius 1 is 1.06 bits per heavy atom. The maximum absolute atomic E-state index is 13.0. The van der Waals surface area contributed by atoms with Gasteiger partial charge in [-0.3, -0.25) is 4.79 Å². The molecule has 0 unspecified atom stereocenters. The van der Waals surface area contributed by atoms with Gasteiger partial charge in [0.15, 0.2) is 5.76 Å². The first-order valence-electron chi connectivity index (χ1n) is 9.92. The maximum Gasteiger partial charge on any atom is 0.229 e. The molecule has 0 radical (unpaired) electrons. The van der Waals surface area contributed by atoms with E-state index in [1.54, 1.807) is 18.2 Å². The summed E-state index contributed by atoms with van der Waals surface area (Å²) in [5.41, 5.74) is 3.40. The van der Waals surface area contributed by atoms with Crippen LogP contribution in [0.1, 0.15) is 21.7 Å². The molecule has 7 heteroatoms. The van der Waals surface area contributed by atoms with Crippen LogP contribution in [0.15, 0.2) is 65.1 Å². The van der Waals surface area contributed by atoms with Gasteiger partial charge >= 0.3 is 0 Å². The molecule has 0 aliphatic rings. The molecule has 0 amide bonds. The summed E-state index contributed by atoms with van der Waals surface area (Å²) in [5.74, 6) is 0.496. The summed E-state index contributed by atoms with van der Waals surface area (Å²) in [6.07, 6.45) is -0.939. The van der Waals surface area contributed by atoms with Crippen LogP contribution in [-0.2, 0) is 0 Å². The topological polar surface area (TPSA) is 79.9 Å². The molecule has 4 aromatic rings. The summed E-state index contributed by atoms with van der Waals surface area (Å²) >= 11 is 12.2. The second kappa shape index (κ2) is 9.35. The third-order valence-electron chi connectivity index (χ3n) is 5.14. The fourth-order valence-corrected chi connectivity index (χ4v) is 3.92. The number of benzene rings is 3. The minimum absolute atomic E-state index is 0.00486. The molecule has 1 aromatic heterocycles. The monoisotopic (exact) mass is 470 g/mol. The standard InChI is InChI=1S/C25H20Cl2O5/c1-14-20-7-5-16(15-3-2-4-19(9-15)31-13-18(29)12-28)10-23(20)32-25(14)24(30)21-8-6-17(26)11-22(21)27/h2-11,18,28-29H,12-13H2,1H3/t18-/m1/s1. The van der Waals surface area contributed by atoms with Gasteiger partial charge in [0.05, 0.1) is 11.6 Å². The smallest absolute Gasteiger partial charge is 0.229 e. The molecule has 0 saturated heterocycles. The van der Waals surface area contributed by atoms with Crippen LogP contribution < -0.4 is 4.74 Å². The van der Waals surface area contributed by atoms with E-state index >= 15 is 0 Å². The van der Waals surface area contributed by atoms with Crippen LogP contribution in [0.2, 0.25) is 10.0 Å². The van der Waals surface area contributed by atoms with E-state index in [9.17, 15) is 9.90 Å². The predicted octanol–water partition coefficient (Wildman–Crippen LogP) is 5.68. The lowest BCUT2D eigenvalue weighted by molar-refractivity contribution is 0.0536. The highest BCUT2D eigenvalue weighted by Gasteiger charge is 2.21. The summed E-state index contributed by atoms with van der Waals surface area (Å²) in [7, 11) is 0. The van der Waals surface area contributed by atoms with E-state index in [2.05, 4.69) is 0 Å². The Morgan fingerprint density at radius 2 is 1.84 bits per heavy atom. The van der Waals surface area contributed by atoms with Gasteiger partial charge in [0.25, 0.3) is 0 Å². The Labute approximate surface area is 194 Å². The molecular weight excluding hydrogens is 451 g/mol. The zero-order chi connectivity index (χ0) is 22.8. The number of rotatable bonds is 7. The molecule has 0 aliphatic carbocycles. The first-order chi connectivity index (χ1) is 15.4. The van der Waals surface area contributed by atoms with Crippen LogP contribution in [0.4, 0.5) is 0 Å². The predicted molar refractivity (Wildman–Crippen MR) is 125 cm³/mol. The summed E-state index contributed by atoms with van der Waals surface area (Å²) in [6.45, 7) is 1.47. The number of hydrogen-bond donors (Lipinski definition) is 2. The number of carbonyl (C=O) groups is 1. The lowest BCUT2D eigenvalue weighted by Crippen LogP contribution is -2.21. The molecular formula is C25H20Cl2O5. The van der Waals surface area contributed by atoms with Crippen LogP contribution >= 0.6 is 23.2 Å². The largest absolute Gasteiger partial charge is 0.491 e. The van der Waals surface area contributed by atoms with Crippen molar-refractivity contribution in [3.05, 3.63) is 87.6 Å². The molecule has 32 heavy (non-hydrogen) atoms. The van der Waals surface area contributed by atoms with Gasteiger partial charge in [0.2, 0.25) is 5.78 Å². The minimum atomic E-state index is -0.939. The van der Waals surface area contributed by atoms with E-state index in [1.165, 1.54) is 6.07 Å². The number of ether oxygens (including phenoxy) is 1. The molecule has 0 bridgehead atoms. The van der Waals surface area contributed by atoms with Crippen molar-refractivity contribution in [1.29, 1.82) is 0 Å². The van der Waals surface area contributed by atoms with Crippen molar-refractivity contribution in [2.24, 2.45) is 0 Å². The fourth-order valence-electron chi connectivity index (χ4n) is 3.43. The normalized spacial score (nSPS) is 12.2. The van der Waals surface area contributed by atoms with Gasteiger partial charge in [-0.25, -0.2) is 0 Å². The highest BCUT2D eigenvalue weighted by Crippen LogP contribution is 2.33. The second-order valence-electron chi connectivity index (χ2n) is 7.40. The maximum atomic E-state index is 13.0. The highest BCUT2D eigenvalue weighted by molar-refractivity contribution is 6.37. The van der Waals surface area contributed by atoms with E-state index in [0.717, 1.165) is 22.1 Å². The van der Waals surface area contributed by atoms with Gasteiger partial charge in [0, 0.05) is 21.5 Å². The first-order valence-corrected chi connectivity index (χ1v) is 10.7. The Bertz CT molecular complexity index is 1290. The van der Waals surface area contributed by atoms with E-state index in [1.807, 2.05) is 43.3 Å². The van der Waals surface area contributed by atoms with Crippen molar-refractivity contribution in [3.8, 4) is 16.9 Å². The zero-order valence-corrected chi connectivity index (χ0v) is 18.7. The van der Waals surface area contributed by atoms with Crippen LogP contribution in [0.3, 0.4) is 0 Å². The van der Waals surface area contributed by atoms with Gasteiger partial charge in [-0.15, -0.1) is 0 Å². The Kier molecular flexibility index (Phi) is 6.53. The molecule has 4 rings (SSSR count). The van der Waals surface area contributed by atoms with E-state index in [4.69, 9.17) is 37.5 Å². The number of aliphatic hydroxyl groups excluding tert-OH is 2. The van der Waals surface area contributed by atoms with Crippen LogP contribution in [-0.4, -0.2) is 35.3 Å². The number of aryl methyl sites for hydroxylation is 1. The number of furan rings is 1. The van der Waals surface area contributed by atoms with Crippen molar-refractivity contribution in [2.45, 2.75) is 13.0 Å². The number of ketones is 1. The summed E-state index contributed by atoms with van der Waals surface area (Å²) in [6, 6.07) is 17.8. The van der Waals surface area contributed by atoms with E-state index in [0.29, 0.717) is 21.9 Å². The lowest BCUT2D eigenvalue weighted by Gasteiger charge is -2.11. The Morgan fingerprint density at radius 3 is 2.59 bits per heavy atom. The molecule has 164 valence electrons. The average Bonchev–Trinajstić information content (AvgIpc) is 3.13. The van der Waals surface area contributed by atoms with Crippen molar-refractivity contribution in [3.63, 3.8) is 0 Å². The number of hydrogen-bond acceptors (Lipinski definition) is 5. The fraction of sp³-hybridized carbons (Fsp3) is 0.160. The minimum Gasteiger partial charge on any atom is -0.491 e. The number of halogens is 2. The zero-order valence-electron chi connectivity index (χ0n) is 17.1. The molecule has 5 nitrogen and oxygen atoms in total. The third-order valence-corrected chi connectivity index (χ3v) is 5.69. The van der Waals surface area contributed by atoms with Crippen LogP contribution in [0.25, 0.3) is 22.1 Å². The van der Waals surface area contributed by atoms with Gasteiger partial charge in [0.1, 0.15) is 24.0 Å². The molecule has 1 atom stereocenters. The summed E-state index contributed by atoms with van der Waals surface area (Å²) in [5, 5.41) is 20.0. The number of aliphatic hydroxyl groups is 2. The summed E-state index contributed by atoms with van der Waals surface area (Å²) < 4.78 is 11.5. The van der Waals surface area contributed by atoms with Crippen molar-refractivity contribution in [2.75, 3.05) is 13.2 Å². The SMILES string of the molecule is Cc1c(C(=O)c2ccc(Cl)cc2Cl)oc2cc(-c3cccc(OC[C@H](O)CO)c3)ccc12. The molecule has 3 aromatic carbocycles. The number of carbonyl (C=O) groups excluding carboxylic acids is 1. The van der Waals surface area contributed by atoms with Crippen molar-refractivity contribution in [1.82, 2.24) is 0 Å². The molecule has 2 N–H and O–H groups in total. The second-order valence-corrected chi connectivity index (χ2v) is 8.24. The number of fused-ring (bicyclic) bond motifs is 1. The summed E-state index contributed by atoms with van der Waals surface area (Å²) in [4.78, 5) is 13.0. The van der Waals surface area contributed by atoms with Crippen LogP contribution in [0, 0.1) is 6.92 Å². The van der Waals surface area contributed by atoms with Gasteiger partial charge < -0.3 is 19.4 Å². The Balaban J connectivity index is 1.66. The van der Waals surface area contributed by atoms with E-state index < -0.39 is 6.10 Å². The van der Waals surface area contributed by atoms with E-state index in [-0.39, 0.29) is 29.8 Å². The molecule has 0 spiro atoms. The van der Waals surface area contributed by atoms with Crippen molar-refractivity contribution >= 4 is 40.0 Å². The highest BCUT2D eigenvalue weighted by atomic mass is 35.5. The third kappa shape index (κ3) is 4.52. The average molecular weight is 471 g/mol. The van der Waals surface area contributed by atoms with Gasteiger partial charge in [-0.2, -0.15) is 0 Å². The molecule has 1 heterocycles. The van der Waals surface area contributed by atoms with Crippen molar-refractivity contribution < 1.29 is 24.2 Å². The molecule has 0 aliphatic heterocycles. The van der Waals surface area contributed by atoms with Gasteiger partial charge in [-0.05, 0) is 54.4 Å². The van der Waals surface area contributed by atoms with Gasteiger partial charge in [-0.1, -0.05) is 47.5 Å². The Hall–Kier alpha value is -2.83. The molecule has 0 saturated carbocycles. The lowest BCUT2D eigenvalue weighted by atomic mass is 10.0. The molecule has 0 fully saturated rings. The quantitative estimate of drug-likeness (QED) is 0.339. The van der Waals surface area contributed by atoms with Crippen LogP contribution in [0.5, 0.6) is 5.75 Å².